The molecule has 0 aromatic heterocycles. The van der Waals surface area contributed by atoms with Gasteiger partial charge in [-0.05, 0) is 18.8 Å². The quantitative estimate of drug-likeness (QED) is 0.364. The van der Waals surface area contributed by atoms with Crippen LogP contribution in [0.4, 0.5) is 0 Å². The van der Waals surface area contributed by atoms with Crippen LogP contribution >= 0.6 is 0 Å². The molecule has 0 aliphatic rings. The van der Waals surface area contributed by atoms with Gasteiger partial charge in [0.15, 0.2) is 0 Å². The number of hydrogen-bond acceptors (Lipinski definition) is 2. The third-order valence-electron chi connectivity index (χ3n) is 1.87. The molecule has 2 N–H and O–H groups in total. The SMILES string of the molecule is CC/C(CC(C)CC)=N/N. The first-order valence-electron chi connectivity index (χ1n) is 4.00. The molecule has 0 heterocycles. The van der Waals surface area contributed by atoms with E-state index in [2.05, 4.69) is 25.9 Å². The number of hydrogen-bond donors (Lipinski definition) is 1. The van der Waals surface area contributed by atoms with E-state index in [0.717, 1.165) is 24.5 Å². The van der Waals surface area contributed by atoms with Gasteiger partial charge < -0.3 is 5.84 Å². The Balaban J connectivity index is 3.64. The molecule has 0 saturated heterocycles. The van der Waals surface area contributed by atoms with Crippen LogP contribution in [0.1, 0.15) is 40.0 Å². The molecule has 1 unspecified atom stereocenters. The van der Waals surface area contributed by atoms with Crippen molar-refractivity contribution in [2.24, 2.45) is 16.9 Å². The molecular formula is C8H18N2. The molecule has 2 nitrogen and oxygen atoms in total. The fourth-order valence-electron chi connectivity index (χ4n) is 0.835. The van der Waals surface area contributed by atoms with Gasteiger partial charge >= 0.3 is 0 Å². The second kappa shape index (κ2) is 5.27. The van der Waals surface area contributed by atoms with E-state index in [4.69, 9.17) is 5.84 Å². The van der Waals surface area contributed by atoms with Crippen LogP contribution in [-0.2, 0) is 0 Å². The predicted octanol–water partition coefficient (Wildman–Crippen LogP) is 2.15. The third-order valence-corrected chi connectivity index (χ3v) is 1.87. The van der Waals surface area contributed by atoms with Crippen molar-refractivity contribution in [1.29, 1.82) is 0 Å². The summed E-state index contributed by atoms with van der Waals surface area (Å²) in [5.41, 5.74) is 1.13. The van der Waals surface area contributed by atoms with Gasteiger partial charge in [0.25, 0.3) is 0 Å². The monoisotopic (exact) mass is 142 g/mol. The van der Waals surface area contributed by atoms with Gasteiger partial charge in [-0.25, -0.2) is 0 Å². The molecule has 0 rings (SSSR count). The van der Waals surface area contributed by atoms with E-state index in [0.29, 0.717) is 0 Å². The minimum absolute atomic E-state index is 0.724. The van der Waals surface area contributed by atoms with Crippen molar-refractivity contribution in [2.45, 2.75) is 40.0 Å². The van der Waals surface area contributed by atoms with Crippen molar-refractivity contribution in [2.75, 3.05) is 0 Å². The second-order valence-corrected chi connectivity index (χ2v) is 2.77. The number of hydrazone groups is 1. The van der Waals surface area contributed by atoms with Crippen LogP contribution in [0.3, 0.4) is 0 Å². The standard InChI is InChI=1S/C8H18N2/c1-4-7(3)6-8(5-2)10-9/h7H,4-6,9H2,1-3H3/b10-8-. The zero-order valence-corrected chi connectivity index (χ0v) is 7.22. The van der Waals surface area contributed by atoms with Gasteiger partial charge in [-0.3, -0.25) is 0 Å². The fourth-order valence-corrected chi connectivity index (χ4v) is 0.835. The number of rotatable bonds is 4. The smallest absolute Gasteiger partial charge is 0.0375 e. The Labute approximate surface area is 63.5 Å². The highest BCUT2D eigenvalue weighted by molar-refractivity contribution is 5.84. The minimum Gasteiger partial charge on any atom is -0.323 e. The zero-order valence-electron chi connectivity index (χ0n) is 7.22. The molecule has 0 bridgehead atoms. The van der Waals surface area contributed by atoms with Crippen LogP contribution in [0.5, 0.6) is 0 Å². The normalized spacial score (nSPS) is 15.3. The first-order chi connectivity index (χ1) is 4.74. The highest BCUT2D eigenvalue weighted by Gasteiger charge is 2.02. The van der Waals surface area contributed by atoms with Crippen LogP contribution in [0.25, 0.3) is 0 Å². The summed E-state index contributed by atoms with van der Waals surface area (Å²) in [5.74, 6) is 5.90. The van der Waals surface area contributed by atoms with E-state index >= 15 is 0 Å². The Bertz CT molecular complexity index is 108. The predicted molar refractivity (Wildman–Crippen MR) is 46.0 cm³/mol. The molecular weight excluding hydrogens is 124 g/mol. The van der Waals surface area contributed by atoms with Gasteiger partial charge in [0, 0.05) is 5.71 Å². The minimum atomic E-state index is 0.724. The van der Waals surface area contributed by atoms with Crippen molar-refractivity contribution in [3.8, 4) is 0 Å². The molecule has 0 radical (unpaired) electrons. The third kappa shape index (κ3) is 3.49. The van der Waals surface area contributed by atoms with E-state index in [-0.39, 0.29) is 0 Å². The van der Waals surface area contributed by atoms with Gasteiger partial charge in [0.2, 0.25) is 0 Å². The lowest BCUT2D eigenvalue weighted by Gasteiger charge is -2.07. The summed E-state index contributed by atoms with van der Waals surface area (Å²) in [7, 11) is 0. The zero-order chi connectivity index (χ0) is 7.98. The van der Waals surface area contributed by atoms with Crippen molar-refractivity contribution < 1.29 is 0 Å². The molecule has 10 heavy (non-hydrogen) atoms. The second-order valence-electron chi connectivity index (χ2n) is 2.77. The summed E-state index contributed by atoms with van der Waals surface area (Å²) in [4.78, 5) is 0. The van der Waals surface area contributed by atoms with E-state index < -0.39 is 0 Å². The molecule has 60 valence electrons. The molecule has 0 amide bonds. The average molecular weight is 142 g/mol. The molecule has 0 spiro atoms. The van der Waals surface area contributed by atoms with Crippen LogP contribution in [-0.4, -0.2) is 5.71 Å². The first-order valence-corrected chi connectivity index (χ1v) is 4.00. The average Bonchev–Trinajstić information content (AvgIpc) is 1.99. The summed E-state index contributed by atoms with van der Waals surface area (Å²) in [5, 5.41) is 3.71. The maximum absolute atomic E-state index is 5.17. The first kappa shape index (κ1) is 9.47. The van der Waals surface area contributed by atoms with Crippen molar-refractivity contribution >= 4 is 5.71 Å². The van der Waals surface area contributed by atoms with Gasteiger partial charge in [-0.2, -0.15) is 5.10 Å². The molecule has 0 aliphatic heterocycles. The van der Waals surface area contributed by atoms with Crippen LogP contribution in [0.15, 0.2) is 5.10 Å². The lowest BCUT2D eigenvalue weighted by molar-refractivity contribution is 0.582. The van der Waals surface area contributed by atoms with Crippen LogP contribution < -0.4 is 5.84 Å². The molecule has 0 fully saturated rings. The number of nitrogens with zero attached hydrogens (tertiary/aromatic N) is 1. The Kier molecular flexibility index (Phi) is 4.99. The molecule has 1 atom stereocenters. The molecule has 0 aromatic carbocycles. The van der Waals surface area contributed by atoms with Crippen molar-refractivity contribution in [1.82, 2.24) is 0 Å². The van der Waals surface area contributed by atoms with Gasteiger partial charge in [0.05, 0.1) is 0 Å². The van der Waals surface area contributed by atoms with Crippen molar-refractivity contribution in [3.63, 3.8) is 0 Å². The maximum atomic E-state index is 5.17. The molecule has 0 aliphatic carbocycles. The summed E-state index contributed by atoms with van der Waals surface area (Å²) in [6.45, 7) is 6.50. The van der Waals surface area contributed by atoms with Crippen molar-refractivity contribution in [3.05, 3.63) is 0 Å². The van der Waals surface area contributed by atoms with Gasteiger partial charge in [-0.1, -0.05) is 27.2 Å². The topological polar surface area (TPSA) is 38.4 Å². The Morgan fingerprint density at radius 2 is 2.10 bits per heavy atom. The summed E-state index contributed by atoms with van der Waals surface area (Å²) >= 11 is 0. The highest BCUT2D eigenvalue weighted by Crippen LogP contribution is 2.08. The summed E-state index contributed by atoms with van der Waals surface area (Å²) < 4.78 is 0. The highest BCUT2D eigenvalue weighted by atomic mass is 15.1. The molecule has 0 aromatic rings. The number of nitrogens with two attached hydrogens (primary N) is 1. The summed E-state index contributed by atoms with van der Waals surface area (Å²) in [6.07, 6.45) is 3.25. The lowest BCUT2D eigenvalue weighted by atomic mass is 10.0. The van der Waals surface area contributed by atoms with Crippen LogP contribution in [0.2, 0.25) is 0 Å². The van der Waals surface area contributed by atoms with E-state index in [1.165, 1.54) is 6.42 Å². The van der Waals surface area contributed by atoms with Gasteiger partial charge in [-0.15, -0.1) is 0 Å². The summed E-state index contributed by atoms with van der Waals surface area (Å²) in [6, 6.07) is 0. The van der Waals surface area contributed by atoms with E-state index in [1.54, 1.807) is 0 Å². The molecule has 0 saturated carbocycles. The fraction of sp³-hybridized carbons (Fsp3) is 0.875. The largest absolute Gasteiger partial charge is 0.323 e. The Morgan fingerprint density at radius 1 is 1.50 bits per heavy atom. The van der Waals surface area contributed by atoms with E-state index in [1.807, 2.05) is 0 Å². The Hall–Kier alpha value is -0.530. The lowest BCUT2D eigenvalue weighted by Crippen LogP contribution is -2.06. The molecule has 2 heteroatoms. The van der Waals surface area contributed by atoms with E-state index in [9.17, 15) is 0 Å². The maximum Gasteiger partial charge on any atom is 0.0375 e. The van der Waals surface area contributed by atoms with Crippen LogP contribution in [0, 0.1) is 5.92 Å². The Morgan fingerprint density at radius 3 is 2.40 bits per heavy atom. The van der Waals surface area contributed by atoms with Gasteiger partial charge in [0.1, 0.15) is 0 Å².